The van der Waals surface area contributed by atoms with Gasteiger partial charge in [0.25, 0.3) is 0 Å². The molecule has 3 N–H and O–H groups in total. The molecular formula is C18H29N3. The SMILES string of the molecule is CC(C)CCN(Cc1ccc(C(=N)N)cc1)C1CCCC1. The van der Waals surface area contributed by atoms with Gasteiger partial charge in [-0.25, -0.2) is 0 Å². The standard InChI is InChI=1S/C18H29N3/c1-14(2)11-12-21(17-5-3-4-6-17)13-15-7-9-16(10-8-15)18(19)20/h7-10,14,17H,3-6,11-13H2,1-2H3,(H3,19,20). The minimum atomic E-state index is 0.147. The van der Waals surface area contributed by atoms with Crippen molar-refractivity contribution in [1.29, 1.82) is 5.41 Å². The van der Waals surface area contributed by atoms with Crippen LogP contribution in [0.4, 0.5) is 0 Å². The van der Waals surface area contributed by atoms with Crippen LogP contribution < -0.4 is 5.73 Å². The van der Waals surface area contributed by atoms with Crippen LogP contribution >= 0.6 is 0 Å². The third-order valence-electron chi connectivity index (χ3n) is 4.49. The summed E-state index contributed by atoms with van der Waals surface area (Å²) in [6.45, 7) is 6.81. The van der Waals surface area contributed by atoms with Crippen LogP contribution in [0, 0.1) is 11.3 Å². The first kappa shape index (κ1) is 16.0. The fraction of sp³-hybridized carbons (Fsp3) is 0.611. The molecule has 1 aliphatic rings. The normalized spacial score (nSPS) is 16.0. The Kier molecular flexibility index (Phi) is 5.80. The fourth-order valence-electron chi connectivity index (χ4n) is 3.11. The van der Waals surface area contributed by atoms with Crippen molar-refractivity contribution >= 4 is 5.84 Å². The summed E-state index contributed by atoms with van der Waals surface area (Å²) in [7, 11) is 0. The van der Waals surface area contributed by atoms with Crippen molar-refractivity contribution in [3.63, 3.8) is 0 Å². The number of rotatable bonds is 7. The van der Waals surface area contributed by atoms with Crippen molar-refractivity contribution in [3.8, 4) is 0 Å². The molecule has 3 heteroatoms. The minimum absolute atomic E-state index is 0.147. The first-order valence-electron chi connectivity index (χ1n) is 8.23. The number of benzene rings is 1. The van der Waals surface area contributed by atoms with Crippen LogP contribution in [0.15, 0.2) is 24.3 Å². The molecule has 1 aromatic rings. The molecule has 0 radical (unpaired) electrons. The van der Waals surface area contributed by atoms with Crippen molar-refractivity contribution < 1.29 is 0 Å². The first-order chi connectivity index (χ1) is 10.1. The van der Waals surface area contributed by atoms with E-state index in [0.29, 0.717) is 0 Å². The Bertz CT molecular complexity index is 444. The Hall–Kier alpha value is -1.35. The molecule has 1 aliphatic carbocycles. The second kappa shape index (κ2) is 7.60. The third-order valence-corrected chi connectivity index (χ3v) is 4.49. The summed E-state index contributed by atoms with van der Waals surface area (Å²) in [5.74, 6) is 0.906. The van der Waals surface area contributed by atoms with Crippen molar-refractivity contribution in [2.75, 3.05) is 6.54 Å². The van der Waals surface area contributed by atoms with E-state index in [0.717, 1.165) is 24.1 Å². The van der Waals surface area contributed by atoms with Gasteiger partial charge in [-0.2, -0.15) is 0 Å². The predicted molar refractivity (Wildman–Crippen MR) is 89.6 cm³/mol. The van der Waals surface area contributed by atoms with Gasteiger partial charge in [0.15, 0.2) is 0 Å². The van der Waals surface area contributed by atoms with Gasteiger partial charge in [-0.1, -0.05) is 51.0 Å². The predicted octanol–water partition coefficient (Wildman–Crippen LogP) is 3.76. The van der Waals surface area contributed by atoms with Gasteiger partial charge in [0, 0.05) is 18.2 Å². The highest BCUT2D eigenvalue weighted by Gasteiger charge is 2.22. The molecule has 0 aromatic heterocycles. The lowest BCUT2D eigenvalue weighted by atomic mass is 10.1. The van der Waals surface area contributed by atoms with Gasteiger partial charge >= 0.3 is 0 Å². The Labute approximate surface area is 129 Å². The summed E-state index contributed by atoms with van der Waals surface area (Å²) in [5.41, 5.74) is 7.66. The fourth-order valence-corrected chi connectivity index (χ4v) is 3.11. The van der Waals surface area contributed by atoms with E-state index < -0.39 is 0 Å². The summed E-state index contributed by atoms with van der Waals surface area (Å²) in [6, 6.07) is 8.93. The molecule has 3 nitrogen and oxygen atoms in total. The zero-order valence-electron chi connectivity index (χ0n) is 13.4. The molecule has 1 saturated carbocycles. The second-order valence-electron chi connectivity index (χ2n) is 6.70. The number of hydrogen-bond donors (Lipinski definition) is 2. The molecule has 0 heterocycles. The average molecular weight is 287 g/mol. The molecule has 21 heavy (non-hydrogen) atoms. The van der Waals surface area contributed by atoms with Gasteiger partial charge < -0.3 is 5.73 Å². The maximum Gasteiger partial charge on any atom is 0.122 e. The second-order valence-corrected chi connectivity index (χ2v) is 6.70. The van der Waals surface area contributed by atoms with Crippen molar-refractivity contribution in [1.82, 2.24) is 4.90 Å². The Morgan fingerprint density at radius 1 is 1.24 bits per heavy atom. The van der Waals surface area contributed by atoms with Gasteiger partial charge in [0.2, 0.25) is 0 Å². The van der Waals surface area contributed by atoms with Crippen LogP contribution in [-0.4, -0.2) is 23.3 Å². The maximum atomic E-state index is 7.46. The topological polar surface area (TPSA) is 53.1 Å². The molecule has 0 bridgehead atoms. The Morgan fingerprint density at radius 3 is 2.38 bits per heavy atom. The van der Waals surface area contributed by atoms with Crippen LogP contribution in [0.1, 0.15) is 57.1 Å². The van der Waals surface area contributed by atoms with Crippen LogP contribution in [0.2, 0.25) is 0 Å². The number of amidine groups is 1. The lowest BCUT2D eigenvalue weighted by Crippen LogP contribution is -2.34. The molecule has 2 rings (SSSR count). The van der Waals surface area contributed by atoms with Gasteiger partial charge in [0.05, 0.1) is 0 Å². The average Bonchev–Trinajstić information content (AvgIpc) is 2.97. The molecule has 0 amide bonds. The van der Waals surface area contributed by atoms with E-state index in [2.05, 4.69) is 30.9 Å². The summed E-state index contributed by atoms with van der Waals surface area (Å²) in [6.07, 6.45) is 6.73. The van der Waals surface area contributed by atoms with Crippen LogP contribution in [0.25, 0.3) is 0 Å². The molecule has 116 valence electrons. The Morgan fingerprint density at radius 2 is 1.86 bits per heavy atom. The van der Waals surface area contributed by atoms with E-state index >= 15 is 0 Å². The monoisotopic (exact) mass is 287 g/mol. The van der Waals surface area contributed by atoms with Gasteiger partial charge in [-0.3, -0.25) is 10.3 Å². The minimum Gasteiger partial charge on any atom is -0.384 e. The van der Waals surface area contributed by atoms with Crippen LogP contribution in [0.5, 0.6) is 0 Å². The van der Waals surface area contributed by atoms with Gasteiger partial charge in [-0.05, 0) is 37.3 Å². The molecule has 1 fully saturated rings. The van der Waals surface area contributed by atoms with E-state index in [4.69, 9.17) is 11.1 Å². The molecule has 0 saturated heterocycles. The van der Waals surface area contributed by atoms with Crippen LogP contribution in [-0.2, 0) is 6.54 Å². The zero-order chi connectivity index (χ0) is 15.2. The number of nitrogens with two attached hydrogens (primary N) is 1. The highest BCUT2D eigenvalue weighted by atomic mass is 15.2. The number of hydrogen-bond acceptors (Lipinski definition) is 2. The summed E-state index contributed by atoms with van der Waals surface area (Å²) in [5, 5.41) is 7.46. The number of nitrogen functional groups attached to an aromatic ring is 1. The molecule has 1 aromatic carbocycles. The number of nitrogens with zero attached hydrogens (tertiary/aromatic N) is 1. The summed E-state index contributed by atoms with van der Waals surface area (Å²) in [4.78, 5) is 2.66. The maximum absolute atomic E-state index is 7.46. The van der Waals surface area contributed by atoms with Gasteiger partial charge in [0.1, 0.15) is 5.84 Å². The molecule has 0 spiro atoms. The largest absolute Gasteiger partial charge is 0.384 e. The molecule has 0 unspecified atom stereocenters. The third kappa shape index (κ3) is 4.85. The molecule has 0 atom stereocenters. The van der Waals surface area contributed by atoms with Crippen molar-refractivity contribution in [2.24, 2.45) is 11.7 Å². The zero-order valence-corrected chi connectivity index (χ0v) is 13.4. The summed E-state index contributed by atoms with van der Waals surface area (Å²) >= 11 is 0. The first-order valence-corrected chi connectivity index (χ1v) is 8.23. The highest BCUT2D eigenvalue weighted by molar-refractivity contribution is 5.94. The van der Waals surface area contributed by atoms with E-state index in [1.165, 1.54) is 44.2 Å². The smallest absolute Gasteiger partial charge is 0.122 e. The Balaban J connectivity index is 2.00. The van der Waals surface area contributed by atoms with E-state index in [1.807, 2.05) is 12.1 Å². The van der Waals surface area contributed by atoms with E-state index in [9.17, 15) is 0 Å². The van der Waals surface area contributed by atoms with Crippen molar-refractivity contribution in [3.05, 3.63) is 35.4 Å². The van der Waals surface area contributed by atoms with Crippen molar-refractivity contribution in [2.45, 2.75) is 58.5 Å². The lowest BCUT2D eigenvalue weighted by molar-refractivity contribution is 0.179. The van der Waals surface area contributed by atoms with E-state index in [-0.39, 0.29) is 5.84 Å². The summed E-state index contributed by atoms with van der Waals surface area (Å²) < 4.78 is 0. The molecular weight excluding hydrogens is 258 g/mol. The quantitative estimate of drug-likeness (QED) is 0.592. The van der Waals surface area contributed by atoms with Crippen LogP contribution in [0.3, 0.4) is 0 Å². The van der Waals surface area contributed by atoms with E-state index in [1.54, 1.807) is 0 Å². The van der Waals surface area contributed by atoms with Gasteiger partial charge in [-0.15, -0.1) is 0 Å². The lowest BCUT2D eigenvalue weighted by Gasteiger charge is -2.29. The number of nitrogens with one attached hydrogen (secondary N) is 1. The molecule has 0 aliphatic heterocycles. The highest BCUT2D eigenvalue weighted by Crippen LogP contribution is 2.25.